The minimum atomic E-state index is -0.679. The number of rotatable bonds is 6. The molecule has 140 valence electrons. The van der Waals surface area contributed by atoms with Gasteiger partial charge in [-0.3, -0.25) is 15.5 Å². The molecule has 1 heterocycles. The second-order valence-corrected chi connectivity index (χ2v) is 5.50. The van der Waals surface area contributed by atoms with E-state index in [1.54, 1.807) is 24.3 Å². The van der Waals surface area contributed by atoms with Crippen molar-refractivity contribution in [2.24, 2.45) is 5.10 Å². The molecule has 0 amide bonds. The monoisotopic (exact) mass is 380 g/mol. The fourth-order valence-electron chi connectivity index (χ4n) is 2.17. The average molecular weight is 380 g/mol. The number of hydrogen-bond acceptors (Lipinski definition) is 7. The first-order valence-corrected chi connectivity index (χ1v) is 7.98. The Morgan fingerprint density at radius 3 is 2.71 bits per heavy atom. The highest BCUT2D eigenvalue weighted by Crippen LogP contribution is 2.15. The molecule has 0 spiro atoms. The number of carbonyl (C=O) groups is 1. The number of halogens is 1. The number of carbonyl (C=O) groups excluding carboxylic acids is 1. The molecule has 1 aromatic heterocycles. The third-order valence-electron chi connectivity index (χ3n) is 3.48. The highest BCUT2D eigenvalue weighted by Gasteiger charge is 2.09. The van der Waals surface area contributed by atoms with Gasteiger partial charge in [0.1, 0.15) is 23.6 Å². The number of anilines is 1. The number of esters is 1. The number of nitro groups is 1. The molecule has 0 fully saturated rings. The van der Waals surface area contributed by atoms with Gasteiger partial charge in [0.05, 0.1) is 16.7 Å². The molecule has 3 aromatic rings. The van der Waals surface area contributed by atoms with Gasteiger partial charge in [-0.1, -0.05) is 18.2 Å². The van der Waals surface area contributed by atoms with Gasteiger partial charge < -0.3 is 4.74 Å². The van der Waals surface area contributed by atoms with Crippen molar-refractivity contribution in [2.75, 3.05) is 5.43 Å². The van der Waals surface area contributed by atoms with E-state index in [1.807, 2.05) is 0 Å². The van der Waals surface area contributed by atoms with Gasteiger partial charge in [0.2, 0.25) is 0 Å². The van der Waals surface area contributed by atoms with Crippen molar-refractivity contribution in [3.8, 4) is 5.75 Å². The summed E-state index contributed by atoms with van der Waals surface area (Å²) in [6.07, 6.45) is 2.58. The minimum Gasteiger partial charge on any atom is -0.423 e. The summed E-state index contributed by atoms with van der Waals surface area (Å²) >= 11 is 0. The van der Waals surface area contributed by atoms with Gasteiger partial charge in [-0.2, -0.15) is 5.10 Å². The molecular formula is C19H13FN4O4. The summed E-state index contributed by atoms with van der Waals surface area (Å²) in [5.41, 5.74) is 3.24. The predicted molar refractivity (Wildman–Crippen MR) is 99.9 cm³/mol. The molecular weight excluding hydrogens is 367 g/mol. The molecule has 0 saturated heterocycles. The van der Waals surface area contributed by atoms with E-state index in [0.717, 1.165) is 12.3 Å². The molecule has 0 aliphatic carbocycles. The van der Waals surface area contributed by atoms with Crippen LogP contribution in [0.5, 0.6) is 5.75 Å². The summed E-state index contributed by atoms with van der Waals surface area (Å²) in [5, 5.41) is 14.6. The van der Waals surface area contributed by atoms with Crippen LogP contribution in [-0.2, 0) is 0 Å². The predicted octanol–water partition coefficient (Wildman–Crippen LogP) is 3.79. The highest BCUT2D eigenvalue weighted by atomic mass is 19.1. The van der Waals surface area contributed by atoms with Gasteiger partial charge in [-0.15, -0.1) is 0 Å². The average Bonchev–Trinajstić information content (AvgIpc) is 2.69. The van der Waals surface area contributed by atoms with Crippen LogP contribution >= 0.6 is 0 Å². The largest absolute Gasteiger partial charge is 0.423 e. The Labute approximate surface area is 158 Å². The van der Waals surface area contributed by atoms with E-state index in [9.17, 15) is 19.3 Å². The van der Waals surface area contributed by atoms with E-state index in [4.69, 9.17) is 4.74 Å². The molecule has 0 bridgehead atoms. The first kappa shape index (κ1) is 18.6. The van der Waals surface area contributed by atoms with Gasteiger partial charge in [-0.25, -0.2) is 14.2 Å². The minimum absolute atomic E-state index is 0.102. The molecule has 28 heavy (non-hydrogen) atoms. The normalized spacial score (nSPS) is 10.6. The van der Waals surface area contributed by atoms with E-state index >= 15 is 0 Å². The summed E-state index contributed by atoms with van der Waals surface area (Å²) < 4.78 is 18.4. The van der Waals surface area contributed by atoms with Crippen LogP contribution in [0.2, 0.25) is 0 Å². The Kier molecular flexibility index (Phi) is 5.66. The lowest BCUT2D eigenvalue weighted by Gasteiger charge is -2.05. The summed E-state index contributed by atoms with van der Waals surface area (Å²) in [6, 6.07) is 14.5. The SMILES string of the molecule is O=C(Oc1cccc(/C=N\Nc2ccc([N+](=O)[O-])cn2)c1)c1cccc(F)c1. The van der Waals surface area contributed by atoms with Crippen LogP contribution in [-0.4, -0.2) is 22.1 Å². The van der Waals surface area contributed by atoms with Crippen molar-refractivity contribution >= 4 is 23.7 Å². The van der Waals surface area contributed by atoms with Crippen molar-refractivity contribution in [3.63, 3.8) is 0 Å². The number of nitrogens with one attached hydrogen (secondary N) is 1. The summed E-state index contributed by atoms with van der Waals surface area (Å²) in [7, 11) is 0. The summed E-state index contributed by atoms with van der Waals surface area (Å²) in [4.78, 5) is 26.0. The van der Waals surface area contributed by atoms with Gasteiger partial charge in [0.15, 0.2) is 0 Å². The Bertz CT molecular complexity index is 1040. The molecule has 0 radical (unpaired) electrons. The number of benzene rings is 2. The fourth-order valence-corrected chi connectivity index (χ4v) is 2.17. The van der Waals surface area contributed by atoms with E-state index < -0.39 is 16.7 Å². The summed E-state index contributed by atoms with van der Waals surface area (Å²) in [6.45, 7) is 0. The third kappa shape index (κ3) is 4.94. The maximum Gasteiger partial charge on any atom is 0.343 e. The number of aromatic nitrogens is 1. The fraction of sp³-hybridized carbons (Fsp3) is 0. The number of nitrogens with zero attached hydrogens (tertiary/aromatic N) is 3. The lowest BCUT2D eigenvalue weighted by Crippen LogP contribution is -2.08. The molecule has 0 atom stereocenters. The zero-order valence-corrected chi connectivity index (χ0v) is 14.3. The molecule has 2 aromatic carbocycles. The van der Waals surface area contributed by atoms with E-state index in [2.05, 4.69) is 15.5 Å². The zero-order chi connectivity index (χ0) is 19.9. The zero-order valence-electron chi connectivity index (χ0n) is 14.3. The van der Waals surface area contributed by atoms with Crippen molar-refractivity contribution in [1.29, 1.82) is 0 Å². The summed E-state index contributed by atoms with van der Waals surface area (Å²) in [5.74, 6) is -0.606. The molecule has 1 N–H and O–H groups in total. The Morgan fingerprint density at radius 1 is 1.18 bits per heavy atom. The number of hydrogen-bond donors (Lipinski definition) is 1. The number of pyridine rings is 1. The lowest BCUT2D eigenvalue weighted by molar-refractivity contribution is -0.385. The van der Waals surface area contributed by atoms with Crippen molar-refractivity contribution < 1.29 is 18.8 Å². The van der Waals surface area contributed by atoms with Crippen molar-refractivity contribution in [3.05, 3.63) is 93.9 Å². The van der Waals surface area contributed by atoms with Crippen LogP contribution in [0.3, 0.4) is 0 Å². The molecule has 0 aliphatic heterocycles. The van der Waals surface area contributed by atoms with Crippen molar-refractivity contribution in [1.82, 2.24) is 4.98 Å². The van der Waals surface area contributed by atoms with Crippen LogP contribution in [0, 0.1) is 15.9 Å². The second kappa shape index (κ2) is 8.49. The van der Waals surface area contributed by atoms with Gasteiger partial charge in [0.25, 0.3) is 5.69 Å². The van der Waals surface area contributed by atoms with Crippen LogP contribution in [0.15, 0.2) is 72.0 Å². The molecule has 9 heteroatoms. The van der Waals surface area contributed by atoms with Gasteiger partial charge in [-0.05, 0) is 42.0 Å². The van der Waals surface area contributed by atoms with E-state index in [0.29, 0.717) is 11.4 Å². The number of ether oxygens (including phenoxy) is 1. The Morgan fingerprint density at radius 2 is 2.00 bits per heavy atom. The Hall–Kier alpha value is -4.14. The first-order chi connectivity index (χ1) is 13.5. The number of hydrazone groups is 1. The second-order valence-electron chi connectivity index (χ2n) is 5.50. The quantitative estimate of drug-likeness (QED) is 0.229. The van der Waals surface area contributed by atoms with Crippen LogP contribution < -0.4 is 10.2 Å². The maximum absolute atomic E-state index is 13.2. The lowest BCUT2D eigenvalue weighted by atomic mass is 10.2. The first-order valence-electron chi connectivity index (χ1n) is 7.98. The van der Waals surface area contributed by atoms with Crippen LogP contribution in [0.25, 0.3) is 0 Å². The maximum atomic E-state index is 13.2. The standard InChI is InChI=1S/C19H13FN4O4/c20-15-5-2-4-14(10-15)19(25)28-17-6-1-3-13(9-17)11-22-23-18-8-7-16(12-21-18)24(26)27/h1-12H,(H,21,23)/b22-11-. The van der Waals surface area contributed by atoms with Gasteiger partial charge in [0, 0.05) is 6.07 Å². The molecule has 0 saturated carbocycles. The third-order valence-corrected chi connectivity index (χ3v) is 3.48. The van der Waals surface area contributed by atoms with Crippen molar-refractivity contribution in [2.45, 2.75) is 0 Å². The van der Waals surface area contributed by atoms with Crippen LogP contribution in [0.1, 0.15) is 15.9 Å². The molecule has 0 aliphatic rings. The van der Waals surface area contributed by atoms with E-state index in [1.165, 1.54) is 36.5 Å². The van der Waals surface area contributed by atoms with Crippen LogP contribution in [0.4, 0.5) is 15.9 Å². The molecule has 0 unspecified atom stereocenters. The molecule has 8 nitrogen and oxygen atoms in total. The molecule has 3 rings (SSSR count). The highest BCUT2D eigenvalue weighted by molar-refractivity contribution is 5.91. The smallest absolute Gasteiger partial charge is 0.343 e. The van der Waals surface area contributed by atoms with Gasteiger partial charge >= 0.3 is 5.97 Å². The van der Waals surface area contributed by atoms with E-state index in [-0.39, 0.29) is 17.0 Å². The Balaban J connectivity index is 1.63. The topological polar surface area (TPSA) is 107 Å².